The molecule has 0 spiro atoms. The molecule has 0 radical (unpaired) electrons. The summed E-state index contributed by atoms with van der Waals surface area (Å²) < 4.78 is 38.2. The Morgan fingerprint density at radius 2 is 1.95 bits per heavy atom. The van der Waals surface area contributed by atoms with Gasteiger partial charge < -0.3 is 10.6 Å². The van der Waals surface area contributed by atoms with Crippen LogP contribution in [0.15, 0.2) is 18.3 Å². The highest BCUT2D eigenvalue weighted by Crippen LogP contribution is 2.33. The van der Waals surface area contributed by atoms with Crippen LogP contribution in [0.3, 0.4) is 0 Å². The summed E-state index contributed by atoms with van der Waals surface area (Å²) in [5.74, 6) is -0.727. The third kappa shape index (κ3) is 4.42. The first-order chi connectivity index (χ1) is 8.71. The van der Waals surface area contributed by atoms with Gasteiger partial charge in [-0.15, -0.1) is 0 Å². The summed E-state index contributed by atoms with van der Waals surface area (Å²) in [4.78, 5) is 15.3. The molecule has 1 aromatic rings. The minimum atomic E-state index is -4.51. The molecule has 1 rings (SSSR count). The average Bonchev–Trinajstić information content (AvgIpc) is 2.27. The largest absolute Gasteiger partial charge is 0.419 e. The molecule has 1 unspecified atom stereocenters. The fourth-order valence-corrected chi connectivity index (χ4v) is 1.43. The van der Waals surface area contributed by atoms with Gasteiger partial charge in [-0.3, -0.25) is 4.79 Å². The number of nitrogens with one attached hydrogen (secondary N) is 2. The van der Waals surface area contributed by atoms with Gasteiger partial charge in [0, 0.05) is 12.2 Å². The van der Waals surface area contributed by atoms with Crippen molar-refractivity contribution in [2.24, 2.45) is 0 Å². The van der Waals surface area contributed by atoms with Gasteiger partial charge in [0.15, 0.2) is 0 Å². The van der Waals surface area contributed by atoms with Crippen molar-refractivity contribution in [1.82, 2.24) is 10.3 Å². The number of nitrogens with zero attached hydrogens (tertiary/aromatic N) is 1. The molecule has 4 nitrogen and oxygen atoms in total. The van der Waals surface area contributed by atoms with Crippen LogP contribution in [-0.4, -0.2) is 23.0 Å². The van der Waals surface area contributed by atoms with Crippen molar-refractivity contribution in [1.29, 1.82) is 0 Å². The number of rotatable bonds is 4. The van der Waals surface area contributed by atoms with Crippen molar-refractivity contribution in [3.63, 3.8) is 0 Å². The van der Waals surface area contributed by atoms with E-state index in [0.29, 0.717) is 0 Å². The summed E-state index contributed by atoms with van der Waals surface area (Å²) in [6.07, 6.45) is -3.27. The van der Waals surface area contributed by atoms with E-state index in [1.807, 2.05) is 0 Å². The van der Waals surface area contributed by atoms with Gasteiger partial charge >= 0.3 is 6.18 Å². The highest BCUT2D eigenvalue weighted by Gasteiger charge is 2.34. The highest BCUT2D eigenvalue weighted by molar-refractivity contribution is 5.84. The molecule has 0 fully saturated rings. The van der Waals surface area contributed by atoms with Crippen LogP contribution in [0.5, 0.6) is 0 Å². The van der Waals surface area contributed by atoms with Crippen LogP contribution in [0.1, 0.15) is 26.3 Å². The van der Waals surface area contributed by atoms with E-state index >= 15 is 0 Å². The highest BCUT2D eigenvalue weighted by atomic mass is 19.4. The van der Waals surface area contributed by atoms with E-state index in [4.69, 9.17) is 0 Å². The molecule has 7 heteroatoms. The van der Waals surface area contributed by atoms with E-state index in [1.165, 1.54) is 19.2 Å². The molecule has 2 N–H and O–H groups in total. The lowest BCUT2D eigenvalue weighted by Gasteiger charge is -2.19. The molecule has 0 saturated heterocycles. The van der Waals surface area contributed by atoms with E-state index in [1.54, 1.807) is 13.8 Å². The molecule has 0 aliphatic rings. The number of pyridine rings is 1. The normalized spacial score (nSPS) is 13.2. The third-order valence-electron chi connectivity index (χ3n) is 2.29. The Hall–Kier alpha value is -1.79. The maximum absolute atomic E-state index is 12.7. The third-order valence-corrected chi connectivity index (χ3v) is 2.29. The van der Waals surface area contributed by atoms with E-state index < -0.39 is 17.8 Å². The molecule has 19 heavy (non-hydrogen) atoms. The molecule has 106 valence electrons. The van der Waals surface area contributed by atoms with Gasteiger partial charge in [-0.25, -0.2) is 4.98 Å². The molecule has 0 saturated carbocycles. The van der Waals surface area contributed by atoms with Crippen molar-refractivity contribution in [2.75, 3.05) is 5.32 Å². The molecule has 1 atom stereocenters. The molecular formula is C12H16F3N3O. The van der Waals surface area contributed by atoms with Crippen molar-refractivity contribution in [3.05, 3.63) is 23.9 Å². The van der Waals surface area contributed by atoms with E-state index in [0.717, 1.165) is 6.07 Å². The zero-order valence-electron chi connectivity index (χ0n) is 10.9. The maximum Gasteiger partial charge on any atom is 0.419 e. The molecule has 0 aliphatic carbocycles. The Balaban J connectivity index is 2.85. The van der Waals surface area contributed by atoms with Gasteiger partial charge in [0.25, 0.3) is 0 Å². The Bertz CT molecular complexity index is 446. The van der Waals surface area contributed by atoms with Crippen LogP contribution in [0.2, 0.25) is 0 Å². The smallest absolute Gasteiger partial charge is 0.358 e. The number of aromatic nitrogens is 1. The fraction of sp³-hybridized carbons (Fsp3) is 0.500. The zero-order valence-corrected chi connectivity index (χ0v) is 10.9. The minimum Gasteiger partial charge on any atom is -0.358 e. The maximum atomic E-state index is 12.7. The number of carbonyl (C=O) groups is 1. The second kappa shape index (κ2) is 5.90. The van der Waals surface area contributed by atoms with E-state index in [2.05, 4.69) is 15.6 Å². The number of hydrogen-bond donors (Lipinski definition) is 2. The number of amides is 1. The summed E-state index contributed by atoms with van der Waals surface area (Å²) in [5, 5.41) is 5.09. The van der Waals surface area contributed by atoms with Crippen LogP contribution in [0.25, 0.3) is 0 Å². The Morgan fingerprint density at radius 1 is 1.32 bits per heavy atom. The molecule has 1 heterocycles. The van der Waals surface area contributed by atoms with Crippen LogP contribution in [-0.2, 0) is 11.0 Å². The lowest BCUT2D eigenvalue weighted by atomic mass is 10.2. The summed E-state index contributed by atoms with van der Waals surface area (Å²) in [6, 6.07) is 1.23. The van der Waals surface area contributed by atoms with Crippen LogP contribution >= 0.6 is 0 Å². The fourth-order valence-electron chi connectivity index (χ4n) is 1.43. The molecular weight excluding hydrogens is 259 g/mol. The lowest BCUT2D eigenvalue weighted by molar-refractivity contribution is -0.137. The van der Waals surface area contributed by atoms with E-state index in [9.17, 15) is 18.0 Å². The van der Waals surface area contributed by atoms with Crippen molar-refractivity contribution in [2.45, 2.75) is 39.0 Å². The zero-order chi connectivity index (χ0) is 14.6. The minimum absolute atomic E-state index is 0.0810. The summed E-state index contributed by atoms with van der Waals surface area (Å²) in [6.45, 7) is 5.02. The average molecular weight is 275 g/mol. The van der Waals surface area contributed by atoms with Gasteiger partial charge in [-0.2, -0.15) is 13.2 Å². The van der Waals surface area contributed by atoms with Crippen molar-refractivity contribution >= 4 is 11.7 Å². The van der Waals surface area contributed by atoms with Crippen molar-refractivity contribution in [3.8, 4) is 0 Å². The molecule has 1 aromatic heterocycles. The predicted octanol–water partition coefficient (Wildman–Crippen LogP) is 2.43. The van der Waals surface area contributed by atoms with Crippen LogP contribution < -0.4 is 10.6 Å². The molecule has 0 aromatic carbocycles. The topological polar surface area (TPSA) is 54.0 Å². The van der Waals surface area contributed by atoms with Crippen LogP contribution in [0, 0.1) is 0 Å². The molecule has 0 bridgehead atoms. The second-order valence-electron chi connectivity index (χ2n) is 4.43. The van der Waals surface area contributed by atoms with Gasteiger partial charge in [0.1, 0.15) is 11.9 Å². The Labute approximate surface area is 109 Å². The first kappa shape index (κ1) is 15.3. The number of carbonyl (C=O) groups excluding carboxylic acids is 1. The Morgan fingerprint density at radius 3 is 2.47 bits per heavy atom. The SMILES string of the molecule is CC(C)NC(=O)C(C)Nc1ncccc1C(F)(F)F. The lowest BCUT2D eigenvalue weighted by Crippen LogP contribution is -2.41. The first-order valence-electron chi connectivity index (χ1n) is 5.81. The number of alkyl halides is 3. The second-order valence-corrected chi connectivity index (χ2v) is 4.43. The first-order valence-corrected chi connectivity index (χ1v) is 5.81. The number of hydrogen-bond acceptors (Lipinski definition) is 3. The molecule has 1 amide bonds. The summed E-state index contributed by atoms with van der Waals surface area (Å²) in [5.41, 5.74) is -0.890. The summed E-state index contributed by atoms with van der Waals surface area (Å²) in [7, 11) is 0. The predicted molar refractivity (Wildman–Crippen MR) is 65.6 cm³/mol. The van der Waals surface area contributed by atoms with Gasteiger partial charge in [-0.05, 0) is 32.9 Å². The van der Waals surface area contributed by atoms with Crippen molar-refractivity contribution < 1.29 is 18.0 Å². The monoisotopic (exact) mass is 275 g/mol. The number of anilines is 1. The summed E-state index contributed by atoms with van der Waals surface area (Å²) >= 11 is 0. The van der Waals surface area contributed by atoms with Gasteiger partial charge in [-0.1, -0.05) is 0 Å². The number of halogens is 3. The quantitative estimate of drug-likeness (QED) is 0.887. The van der Waals surface area contributed by atoms with Crippen LogP contribution in [0.4, 0.5) is 19.0 Å². The Kier molecular flexibility index (Phi) is 4.74. The van der Waals surface area contributed by atoms with Gasteiger partial charge in [0.05, 0.1) is 5.56 Å². The molecule has 0 aliphatic heterocycles. The van der Waals surface area contributed by atoms with E-state index in [-0.39, 0.29) is 17.8 Å². The van der Waals surface area contributed by atoms with Gasteiger partial charge in [0.2, 0.25) is 5.91 Å². The standard InChI is InChI=1S/C12H16F3N3O/c1-7(2)17-11(19)8(3)18-10-9(12(13,14)15)5-4-6-16-10/h4-8H,1-3H3,(H,16,18)(H,17,19).